The first kappa shape index (κ1) is 14.4. The van der Waals surface area contributed by atoms with Crippen LogP contribution in [0.15, 0.2) is 30.3 Å². The van der Waals surface area contributed by atoms with E-state index in [1.165, 1.54) is 12.1 Å². The van der Waals surface area contributed by atoms with E-state index in [0.29, 0.717) is 17.2 Å². The second-order valence-electron chi connectivity index (χ2n) is 4.88. The van der Waals surface area contributed by atoms with E-state index in [-0.39, 0.29) is 17.2 Å². The zero-order valence-corrected chi connectivity index (χ0v) is 12.5. The first-order chi connectivity index (χ1) is 10.0. The average molecular weight is 325 g/mol. The van der Waals surface area contributed by atoms with Gasteiger partial charge in [-0.1, -0.05) is 23.2 Å². The van der Waals surface area contributed by atoms with Crippen molar-refractivity contribution in [2.75, 3.05) is 6.61 Å². The molecule has 1 aliphatic heterocycles. The lowest BCUT2D eigenvalue weighted by atomic mass is 10.00. The van der Waals surface area contributed by atoms with Gasteiger partial charge < -0.3 is 4.74 Å². The molecule has 0 radical (unpaired) electrons. The highest BCUT2D eigenvalue weighted by atomic mass is 35.5. The van der Waals surface area contributed by atoms with Crippen LogP contribution in [0, 0.1) is 5.82 Å². The van der Waals surface area contributed by atoms with Crippen molar-refractivity contribution in [3.63, 3.8) is 0 Å². The Hall–Kier alpha value is -1.58. The lowest BCUT2D eigenvalue weighted by Gasteiger charge is -2.09. The molecule has 0 saturated carbocycles. The van der Waals surface area contributed by atoms with Gasteiger partial charge in [0.15, 0.2) is 5.78 Å². The predicted octanol–water partition coefficient (Wildman–Crippen LogP) is 4.49. The van der Waals surface area contributed by atoms with Crippen LogP contribution in [0.2, 0.25) is 10.0 Å². The van der Waals surface area contributed by atoms with Gasteiger partial charge in [0.25, 0.3) is 0 Å². The Bertz CT molecular complexity index is 728. The van der Waals surface area contributed by atoms with Crippen LogP contribution in [0.25, 0.3) is 0 Å². The third-order valence-electron chi connectivity index (χ3n) is 3.41. The van der Waals surface area contributed by atoms with Gasteiger partial charge in [0, 0.05) is 29.0 Å². The number of carbonyl (C=O) groups is 1. The van der Waals surface area contributed by atoms with E-state index in [4.69, 9.17) is 27.9 Å². The van der Waals surface area contributed by atoms with Crippen molar-refractivity contribution >= 4 is 29.0 Å². The van der Waals surface area contributed by atoms with Gasteiger partial charge in [0.1, 0.15) is 11.6 Å². The van der Waals surface area contributed by atoms with Crippen molar-refractivity contribution in [2.45, 2.75) is 12.8 Å². The van der Waals surface area contributed by atoms with Crippen LogP contribution in [0.1, 0.15) is 21.5 Å². The monoisotopic (exact) mass is 324 g/mol. The highest BCUT2D eigenvalue weighted by Crippen LogP contribution is 2.34. The number of carbonyl (C=O) groups excluding carboxylic acids is 1. The Morgan fingerprint density at radius 3 is 2.81 bits per heavy atom. The number of hydrogen-bond donors (Lipinski definition) is 0. The molecule has 1 heterocycles. The summed E-state index contributed by atoms with van der Waals surface area (Å²) in [5, 5.41) is 0.687. The molecule has 0 aliphatic carbocycles. The number of ketones is 1. The van der Waals surface area contributed by atoms with Gasteiger partial charge in [-0.05, 0) is 35.9 Å². The normalized spacial score (nSPS) is 12.9. The summed E-state index contributed by atoms with van der Waals surface area (Å²) in [5.41, 5.74) is 2.04. The zero-order chi connectivity index (χ0) is 15.0. The zero-order valence-electron chi connectivity index (χ0n) is 11.0. The number of Topliss-reactive ketones (excluding diaryl/α,β-unsaturated/α-hetero) is 1. The van der Waals surface area contributed by atoms with Crippen molar-refractivity contribution in [3.05, 3.63) is 62.9 Å². The Balaban J connectivity index is 1.92. The summed E-state index contributed by atoms with van der Waals surface area (Å²) in [4.78, 5) is 12.4. The van der Waals surface area contributed by atoms with Gasteiger partial charge in [0.05, 0.1) is 11.6 Å². The first-order valence-electron chi connectivity index (χ1n) is 6.47. The Kier molecular flexibility index (Phi) is 3.87. The predicted molar refractivity (Wildman–Crippen MR) is 80.1 cm³/mol. The summed E-state index contributed by atoms with van der Waals surface area (Å²) in [7, 11) is 0. The van der Waals surface area contributed by atoms with E-state index in [9.17, 15) is 9.18 Å². The molecule has 2 aromatic carbocycles. The molecule has 21 heavy (non-hydrogen) atoms. The molecule has 0 bridgehead atoms. The highest BCUT2D eigenvalue weighted by Gasteiger charge is 2.20. The minimum atomic E-state index is -0.469. The maximum atomic E-state index is 13.0. The molecule has 0 spiro atoms. The van der Waals surface area contributed by atoms with Gasteiger partial charge in [-0.3, -0.25) is 4.79 Å². The Morgan fingerprint density at radius 1 is 1.24 bits per heavy atom. The minimum absolute atomic E-state index is 0.111. The number of hydrogen-bond acceptors (Lipinski definition) is 2. The molecule has 0 amide bonds. The maximum absolute atomic E-state index is 13.0. The molecule has 0 atom stereocenters. The highest BCUT2D eigenvalue weighted by molar-refractivity contribution is 6.34. The third-order valence-corrected chi connectivity index (χ3v) is 3.94. The van der Waals surface area contributed by atoms with Crippen LogP contribution >= 0.6 is 23.2 Å². The molecular weight excluding hydrogens is 314 g/mol. The quantitative estimate of drug-likeness (QED) is 0.777. The molecule has 5 heteroatoms. The van der Waals surface area contributed by atoms with E-state index in [2.05, 4.69) is 0 Å². The fourth-order valence-corrected chi connectivity index (χ4v) is 3.00. The number of rotatable bonds is 3. The summed E-state index contributed by atoms with van der Waals surface area (Å²) in [6.07, 6.45) is 0.905. The van der Waals surface area contributed by atoms with E-state index in [1.54, 1.807) is 6.07 Å². The average Bonchev–Trinajstić information content (AvgIpc) is 2.86. The van der Waals surface area contributed by atoms with Gasteiger partial charge in [-0.15, -0.1) is 0 Å². The van der Waals surface area contributed by atoms with Crippen molar-refractivity contribution < 1.29 is 13.9 Å². The van der Waals surface area contributed by atoms with Crippen LogP contribution < -0.4 is 4.74 Å². The topological polar surface area (TPSA) is 26.3 Å². The number of fused-ring (bicyclic) bond motifs is 1. The van der Waals surface area contributed by atoms with Crippen molar-refractivity contribution in [1.29, 1.82) is 0 Å². The summed E-state index contributed by atoms with van der Waals surface area (Å²) in [6, 6.07) is 7.32. The van der Waals surface area contributed by atoms with Gasteiger partial charge >= 0.3 is 0 Å². The molecule has 0 saturated heterocycles. The minimum Gasteiger partial charge on any atom is -0.493 e. The van der Waals surface area contributed by atoms with E-state index >= 15 is 0 Å². The lowest BCUT2D eigenvalue weighted by molar-refractivity contribution is 0.0992. The van der Waals surface area contributed by atoms with E-state index < -0.39 is 5.82 Å². The summed E-state index contributed by atoms with van der Waals surface area (Å²) >= 11 is 12.0. The number of ether oxygens (including phenoxy) is 1. The SMILES string of the molecule is O=C(Cc1cc(Cl)cc2c1OCC2)c1ccc(F)cc1Cl. The fraction of sp³-hybridized carbons (Fsp3) is 0.188. The molecular formula is C16H11Cl2FO2. The summed E-state index contributed by atoms with van der Waals surface area (Å²) in [5.74, 6) is 0.0643. The first-order valence-corrected chi connectivity index (χ1v) is 7.22. The Morgan fingerprint density at radius 2 is 2.05 bits per heavy atom. The molecule has 0 N–H and O–H groups in total. The van der Waals surface area contributed by atoms with E-state index in [0.717, 1.165) is 29.4 Å². The fourth-order valence-electron chi connectivity index (χ4n) is 2.46. The number of halogens is 3. The van der Waals surface area contributed by atoms with Crippen LogP contribution in [0.5, 0.6) is 5.75 Å². The summed E-state index contributed by atoms with van der Waals surface area (Å²) in [6.45, 7) is 0.591. The largest absolute Gasteiger partial charge is 0.493 e. The van der Waals surface area contributed by atoms with E-state index in [1.807, 2.05) is 6.07 Å². The summed E-state index contributed by atoms with van der Waals surface area (Å²) < 4.78 is 18.6. The molecule has 3 rings (SSSR count). The lowest BCUT2D eigenvalue weighted by Crippen LogP contribution is -2.06. The van der Waals surface area contributed by atoms with Crippen molar-refractivity contribution in [2.24, 2.45) is 0 Å². The second kappa shape index (κ2) is 5.66. The number of benzene rings is 2. The smallest absolute Gasteiger partial charge is 0.168 e. The van der Waals surface area contributed by atoms with Gasteiger partial charge in [0.2, 0.25) is 0 Å². The molecule has 2 nitrogen and oxygen atoms in total. The van der Waals surface area contributed by atoms with Crippen LogP contribution in [0.4, 0.5) is 4.39 Å². The molecule has 0 fully saturated rings. The molecule has 0 unspecified atom stereocenters. The molecule has 1 aliphatic rings. The van der Waals surface area contributed by atoms with Crippen LogP contribution in [0.3, 0.4) is 0 Å². The standard InChI is InChI=1S/C16H11Cl2FO2/c17-11-5-9-3-4-21-16(9)10(6-11)7-15(20)13-2-1-12(19)8-14(13)18/h1-2,5-6,8H,3-4,7H2. The van der Waals surface area contributed by atoms with Crippen molar-refractivity contribution in [1.82, 2.24) is 0 Å². The second-order valence-corrected chi connectivity index (χ2v) is 5.72. The van der Waals surface area contributed by atoms with Gasteiger partial charge in [-0.25, -0.2) is 4.39 Å². The van der Waals surface area contributed by atoms with Gasteiger partial charge in [-0.2, -0.15) is 0 Å². The molecule has 2 aromatic rings. The van der Waals surface area contributed by atoms with Crippen LogP contribution in [-0.2, 0) is 12.8 Å². The van der Waals surface area contributed by atoms with Crippen LogP contribution in [-0.4, -0.2) is 12.4 Å². The maximum Gasteiger partial charge on any atom is 0.168 e. The Labute approximate surface area is 131 Å². The molecule has 0 aromatic heterocycles. The third kappa shape index (κ3) is 2.89. The molecule has 108 valence electrons. The van der Waals surface area contributed by atoms with Crippen molar-refractivity contribution in [3.8, 4) is 5.75 Å².